The van der Waals surface area contributed by atoms with E-state index in [4.69, 9.17) is 0 Å². The molecule has 1 heteroatoms. The highest BCUT2D eigenvalue weighted by Crippen LogP contribution is 2.16. The van der Waals surface area contributed by atoms with Gasteiger partial charge in [-0.3, -0.25) is 0 Å². The van der Waals surface area contributed by atoms with Crippen molar-refractivity contribution in [3.63, 3.8) is 0 Å². The van der Waals surface area contributed by atoms with Crippen LogP contribution in [0.15, 0.2) is 35.6 Å². The summed E-state index contributed by atoms with van der Waals surface area (Å²) in [6.45, 7) is 15.5. The van der Waals surface area contributed by atoms with Gasteiger partial charge in [-0.05, 0) is 63.8 Å². The van der Waals surface area contributed by atoms with E-state index in [9.17, 15) is 0 Å². The summed E-state index contributed by atoms with van der Waals surface area (Å²) in [7, 11) is 0. The summed E-state index contributed by atoms with van der Waals surface area (Å²) in [6, 6.07) is 0.530. The SMILES string of the molecule is C/C=C\C(/C=C\NC(C)CC(C)C(C)C)=C(C)C. The molecule has 18 heavy (non-hydrogen) atoms. The van der Waals surface area contributed by atoms with Gasteiger partial charge < -0.3 is 5.32 Å². The number of allylic oxidation sites excluding steroid dienone is 5. The summed E-state index contributed by atoms with van der Waals surface area (Å²) in [6.07, 6.45) is 9.69. The first-order valence-corrected chi connectivity index (χ1v) is 7.11. The lowest BCUT2D eigenvalue weighted by Gasteiger charge is -2.20. The highest BCUT2D eigenvalue weighted by molar-refractivity contribution is 5.33. The van der Waals surface area contributed by atoms with E-state index in [2.05, 4.69) is 78.2 Å². The quantitative estimate of drug-likeness (QED) is 0.621. The minimum Gasteiger partial charge on any atom is -0.388 e. The molecule has 0 heterocycles. The Hall–Kier alpha value is -0.980. The first kappa shape index (κ1) is 17.0. The van der Waals surface area contributed by atoms with Crippen LogP contribution in [0.1, 0.15) is 54.9 Å². The predicted molar refractivity (Wildman–Crippen MR) is 83.5 cm³/mol. The number of nitrogens with one attached hydrogen (secondary N) is 1. The summed E-state index contributed by atoms with van der Waals surface area (Å²) in [5, 5.41) is 3.46. The van der Waals surface area contributed by atoms with Gasteiger partial charge in [-0.25, -0.2) is 0 Å². The van der Waals surface area contributed by atoms with Gasteiger partial charge in [0, 0.05) is 6.04 Å². The number of rotatable bonds is 7. The molecule has 0 aromatic rings. The van der Waals surface area contributed by atoms with Crippen LogP contribution in [-0.2, 0) is 0 Å². The molecular weight excluding hydrogens is 218 g/mol. The maximum atomic E-state index is 3.46. The fraction of sp³-hybridized carbons (Fsp3) is 0.647. The van der Waals surface area contributed by atoms with Crippen LogP contribution >= 0.6 is 0 Å². The van der Waals surface area contributed by atoms with Crippen molar-refractivity contribution in [3.05, 3.63) is 35.6 Å². The van der Waals surface area contributed by atoms with Gasteiger partial charge in [0.1, 0.15) is 0 Å². The van der Waals surface area contributed by atoms with Crippen molar-refractivity contribution < 1.29 is 0 Å². The zero-order valence-corrected chi connectivity index (χ0v) is 13.2. The van der Waals surface area contributed by atoms with Crippen molar-refractivity contribution in [2.75, 3.05) is 0 Å². The molecule has 0 bridgehead atoms. The van der Waals surface area contributed by atoms with Crippen LogP contribution in [0.3, 0.4) is 0 Å². The Morgan fingerprint density at radius 1 is 1.06 bits per heavy atom. The second-order valence-electron chi connectivity index (χ2n) is 5.81. The van der Waals surface area contributed by atoms with Crippen molar-refractivity contribution in [1.82, 2.24) is 5.32 Å². The molecule has 0 aliphatic heterocycles. The lowest BCUT2D eigenvalue weighted by molar-refractivity contribution is 0.354. The third-order valence-electron chi connectivity index (χ3n) is 3.43. The van der Waals surface area contributed by atoms with Crippen molar-refractivity contribution >= 4 is 0 Å². The first-order valence-electron chi connectivity index (χ1n) is 7.11. The largest absolute Gasteiger partial charge is 0.388 e. The number of hydrogen-bond donors (Lipinski definition) is 1. The third kappa shape index (κ3) is 7.37. The van der Waals surface area contributed by atoms with Crippen LogP contribution < -0.4 is 5.32 Å². The minimum atomic E-state index is 0.530. The molecule has 104 valence electrons. The van der Waals surface area contributed by atoms with Crippen molar-refractivity contribution in [2.24, 2.45) is 11.8 Å². The molecular formula is C17H31N. The van der Waals surface area contributed by atoms with Crippen molar-refractivity contribution in [1.29, 1.82) is 0 Å². The zero-order chi connectivity index (χ0) is 14.1. The molecule has 0 aromatic carbocycles. The van der Waals surface area contributed by atoms with E-state index in [1.54, 1.807) is 0 Å². The molecule has 2 unspecified atom stereocenters. The molecule has 0 amide bonds. The third-order valence-corrected chi connectivity index (χ3v) is 3.43. The van der Waals surface area contributed by atoms with E-state index in [0.29, 0.717) is 6.04 Å². The monoisotopic (exact) mass is 249 g/mol. The summed E-state index contributed by atoms with van der Waals surface area (Å²) < 4.78 is 0. The Balaban J connectivity index is 4.27. The molecule has 0 rings (SSSR count). The first-order chi connectivity index (χ1) is 8.38. The molecule has 0 aliphatic carbocycles. The van der Waals surface area contributed by atoms with E-state index in [1.807, 2.05) is 0 Å². The smallest absolute Gasteiger partial charge is 0.0230 e. The van der Waals surface area contributed by atoms with Gasteiger partial charge in [-0.2, -0.15) is 0 Å². The molecule has 1 N–H and O–H groups in total. The van der Waals surface area contributed by atoms with Gasteiger partial charge in [0.25, 0.3) is 0 Å². The zero-order valence-electron chi connectivity index (χ0n) is 13.2. The number of hydrogen-bond acceptors (Lipinski definition) is 1. The highest BCUT2D eigenvalue weighted by Gasteiger charge is 2.10. The van der Waals surface area contributed by atoms with E-state index in [-0.39, 0.29) is 0 Å². The standard InChI is InChI=1S/C17H31N/c1-8-9-17(14(4)5)10-11-18-16(7)12-15(6)13(2)3/h8-11,13,15-16,18H,12H2,1-7H3/b9-8-,11-10-. The Kier molecular flexibility index (Phi) is 8.53. The van der Waals surface area contributed by atoms with Gasteiger partial charge in [-0.15, -0.1) is 0 Å². The van der Waals surface area contributed by atoms with E-state index >= 15 is 0 Å². The Morgan fingerprint density at radius 2 is 1.67 bits per heavy atom. The average Bonchev–Trinajstić information content (AvgIpc) is 2.27. The molecule has 0 spiro atoms. The second kappa shape index (κ2) is 9.02. The van der Waals surface area contributed by atoms with E-state index in [0.717, 1.165) is 11.8 Å². The molecule has 1 nitrogen and oxygen atoms in total. The van der Waals surface area contributed by atoms with Gasteiger partial charge in [0.15, 0.2) is 0 Å². The molecule has 0 aromatic heterocycles. The fourth-order valence-electron chi connectivity index (χ4n) is 1.77. The van der Waals surface area contributed by atoms with Crippen LogP contribution in [0.4, 0.5) is 0 Å². The van der Waals surface area contributed by atoms with Crippen LogP contribution in [-0.4, -0.2) is 6.04 Å². The summed E-state index contributed by atoms with van der Waals surface area (Å²) >= 11 is 0. The Labute approximate surface area is 114 Å². The molecule has 0 saturated carbocycles. The van der Waals surface area contributed by atoms with Crippen LogP contribution in [0.2, 0.25) is 0 Å². The van der Waals surface area contributed by atoms with Crippen LogP contribution in [0.25, 0.3) is 0 Å². The van der Waals surface area contributed by atoms with Gasteiger partial charge >= 0.3 is 0 Å². The van der Waals surface area contributed by atoms with Crippen LogP contribution in [0.5, 0.6) is 0 Å². The summed E-state index contributed by atoms with van der Waals surface area (Å²) in [5.41, 5.74) is 2.63. The lowest BCUT2D eigenvalue weighted by Crippen LogP contribution is -2.24. The topological polar surface area (TPSA) is 12.0 Å². The lowest BCUT2D eigenvalue weighted by atomic mass is 9.92. The maximum Gasteiger partial charge on any atom is 0.0230 e. The molecule has 2 atom stereocenters. The fourth-order valence-corrected chi connectivity index (χ4v) is 1.77. The van der Waals surface area contributed by atoms with Gasteiger partial charge in [-0.1, -0.05) is 38.5 Å². The van der Waals surface area contributed by atoms with E-state index < -0.39 is 0 Å². The normalized spacial score (nSPS) is 15.3. The maximum absolute atomic E-state index is 3.46. The van der Waals surface area contributed by atoms with Gasteiger partial charge in [0.2, 0.25) is 0 Å². The molecule has 0 saturated heterocycles. The van der Waals surface area contributed by atoms with Crippen molar-refractivity contribution in [2.45, 2.75) is 60.9 Å². The Morgan fingerprint density at radius 3 is 2.11 bits per heavy atom. The molecule has 0 radical (unpaired) electrons. The minimum absolute atomic E-state index is 0.530. The summed E-state index contributed by atoms with van der Waals surface area (Å²) in [5.74, 6) is 1.52. The molecule has 0 aliphatic rings. The average molecular weight is 249 g/mol. The van der Waals surface area contributed by atoms with Crippen molar-refractivity contribution in [3.8, 4) is 0 Å². The molecule has 0 fully saturated rings. The second-order valence-corrected chi connectivity index (χ2v) is 5.81. The van der Waals surface area contributed by atoms with E-state index in [1.165, 1.54) is 17.6 Å². The predicted octanol–water partition coefficient (Wildman–Crippen LogP) is 5.07. The summed E-state index contributed by atoms with van der Waals surface area (Å²) in [4.78, 5) is 0. The Bertz CT molecular complexity index is 304. The highest BCUT2D eigenvalue weighted by atomic mass is 14.9. The van der Waals surface area contributed by atoms with Gasteiger partial charge in [0.05, 0.1) is 0 Å². The van der Waals surface area contributed by atoms with Crippen LogP contribution in [0, 0.1) is 11.8 Å².